The van der Waals surface area contributed by atoms with E-state index in [9.17, 15) is 9.90 Å². The first-order valence-corrected chi connectivity index (χ1v) is 7.74. The molecule has 3 saturated carbocycles. The monoisotopic (exact) mass is 251 g/mol. The van der Waals surface area contributed by atoms with Crippen LogP contribution in [0.3, 0.4) is 0 Å². The third-order valence-corrected chi connectivity index (χ3v) is 5.33. The van der Waals surface area contributed by atoms with Crippen molar-refractivity contribution >= 4 is 5.91 Å². The molecule has 0 radical (unpaired) electrons. The summed E-state index contributed by atoms with van der Waals surface area (Å²) in [5.41, 5.74) is 0. The zero-order chi connectivity index (χ0) is 12.5. The normalized spacial score (nSPS) is 35.3. The Bertz CT molecular complexity index is 300. The first-order valence-electron chi connectivity index (χ1n) is 7.74. The van der Waals surface area contributed by atoms with E-state index >= 15 is 0 Å². The lowest BCUT2D eigenvalue weighted by Crippen LogP contribution is -2.42. The highest BCUT2D eigenvalue weighted by Gasteiger charge is 2.56. The number of hydrogen-bond donors (Lipinski definition) is 1. The van der Waals surface area contributed by atoms with Crippen LogP contribution in [-0.4, -0.2) is 35.1 Å². The van der Waals surface area contributed by atoms with E-state index in [-0.39, 0.29) is 6.61 Å². The molecule has 0 aromatic rings. The molecule has 18 heavy (non-hydrogen) atoms. The summed E-state index contributed by atoms with van der Waals surface area (Å²) in [6, 6.07) is 0.423. The molecule has 0 aliphatic heterocycles. The van der Waals surface area contributed by atoms with Gasteiger partial charge in [-0.15, -0.1) is 0 Å². The lowest BCUT2D eigenvalue weighted by molar-refractivity contribution is -0.136. The summed E-state index contributed by atoms with van der Waals surface area (Å²) in [6.07, 6.45) is 9.94. The van der Waals surface area contributed by atoms with Gasteiger partial charge in [0.25, 0.3) is 0 Å². The van der Waals surface area contributed by atoms with Gasteiger partial charge < -0.3 is 10.0 Å². The summed E-state index contributed by atoms with van der Waals surface area (Å²) < 4.78 is 0. The molecule has 1 N–H and O–H groups in total. The van der Waals surface area contributed by atoms with Crippen LogP contribution in [0.15, 0.2) is 0 Å². The van der Waals surface area contributed by atoms with Crippen LogP contribution in [0.25, 0.3) is 0 Å². The van der Waals surface area contributed by atoms with E-state index in [1.165, 1.54) is 38.5 Å². The summed E-state index contributed by atoms with van der Waals surface area (Å²) in [5, 5.41) is 9.21. The van der Waals surface area contributed by atoms with Crippen molar-refractivity contribution < 1.29 is 9.90 Å². The smallest absolute Gasteiger partial charge is 0.226 e. The second-order valence-electron chi connectivity index (χ2n) is 6.33. The quantitative estimate of drug-likeness (QED) is 0.832. The molecule has 0 aromatic carbocycles. The van der Waals surface area contributed by atoms with E-state index < -0.39 is 0 Å². The lowest BCUT2D eigenvalue weighted by Gasteiger charge is -2.28. The van der Waals surface area contributed by atoms with Crippen LogP contribution < -0.4 is 0 Å². The van der Waals surface area contributed by atoms with E-state index in [0.717, 1.165) is 12.8 Å². The van der Waals surface area contributed by atoms with Crippen molar-refractivity contribution in [3.05, 3.63) is 0 Å². The van der Waals surface area contributed by atoms with E-state index in [4.69, 9.17) is 0 Å². The number of fused-ring (bicyclic) bond motifs is 1. The van der Waals surface area contributed by atoms with Gasteiger partial charge in [0.05, 0.1) is 6.61 Å². The summed E-state index contributed by atoms with van der Waals surface area (Å²) >= 11 is 0. The molecular weight excluding hydrogens is 226 g/mol. The second kappa shape index (κ2) is 5.20. The number of rotatable bonds is 4. The number of hydrogen-bond acceptors (Lipinski definition) is 2. The fourth-order valence-corrected chi connectivity index (χ4v) is 4.35. The predicted octanol–water partition coefficient (Wildman–Crippen LogP) is 2.19. The van der Waals surface area contributed by atoms with Crippen LogP contribution in [0.1, 0.15) is 51.4 Å². The highest BCUT2D eigenvalue weighted by atomic mass is 16.3. The molecule has 2 atom stereocenters. The van der Waals surface area contributed by atoms with Gasteiger partial charge in [-0.1, -0.05) is 25.7 Å². The molecule has 3 rings (SSSR count). The number of nitrogens with zero attached hydrogens (tertiary/aromatic N) is 1. The van der Waals surface area contributed by atoms with Crippen LogP contribution in [0, 0.1) is 17.8 Å². The Morgan fingerprint density at radius 3 is 2.11 bits per heavy atom. The van der Waals surface area contributed by atoms with Crippen molar-refractivity contribution in [3.8, 4) is 0 Å². The number of amides is 1. The first-order chi connectivity index (χ1) is 8.83. The van der Waals surface area contributed by atoms with Crippen LogP contribution in [0.2, 0.25) is 0 Å². The highest BCUT2D eigenvalue weighted by Crippen LogP contribution is 2.56. The molecule has 3 aliphatic rings. The predicted molar refractivity (Wildman–Crippen MR) is 70.0 cm³/mol. The molecule has 0 spiro atoms. The fraction of sp³-hybridized carbons (Fsp3) is 0.933. The summed E-state index contributed by atoms with van der Waals surface area (Å²) in [7, 11) is 0. The SMILES string of the molecule is O=C(C1C2CCCCC21)N(CCO)C1CCCC1. The van der Waals surface area contributed by atoms with Crippen molar-refractivity contribution in [2.24, 2.45) is 17.8 Å². The van der Waals surface area contributed by atoms with Gasteiger partial charge in [0.15, 0.2) is 0 Å². The summed E-state index contributed by atoms with van der Waals surface area (Å²) in [5.74, 6) is 2.06. The molecular formula is C15H25NO2. The van der Waals surface area contributed by atoms with E-state index in [0.29, 0.717) is 36.2 Å². The molecule has 0 saturated heterocycles. The maximum absolute atomic E-state index is 12.7. The molecule has 3 nitrogen and oxygen atoms in total. The average Bonchev–Trinajstić information content (AvgIpc) is 2.87. The van der Waals surface area contributed by atoms with Gasteiger partial charge >= 0.3 is 0 Å². The molecule has 3 heteroatoms. The van der Waals surface area contributed by atoms with Gasteiger partial charge in [0.1, 0.15) is 0 Å². The minimum atomic E-state index is 0.115. The van der Waals surface area contributed by atoms with Crippen molar-refractivity contribution in [2.45, 2.75) is 57.4 Å². The second-order valence-corrected chi connectivity index (χ2v) is 6.33. The molecule has 0 heterocycles. The van der Waals surface area contributed by atoms with Crippen molar-refractivity contribution in [3.63, 3.8) is 0 Å². The van der Waals surface area contributed by atoms with Crippen LogP contribution >= 0.6 is 0 Å². The Morgan fingerprint density at radius 1 is 1.00 bits per heavy atom. The molecule has 0 bridgehead atoms. The Kier molecular flexibility index (Phi) is 3.60. The number of carbonyl (C=O) groups excluding carboxylic acids is 1. The molecule has 3 fully saturated rings. The maximum Gasteiger partial charge on any atom is 0.226 e. The fourth-order valence-electron chi connectivity index (χ4n) is 4.35. The Morgan fingerprint density at radius 2 is 1.56 bits per heavy atom. The van der Waals surface area contributed by atoms with Gasteiger partial charge in [-0.2, -0.15) is 0 Å². The zero-order valence-electron chi connectivity index (χ0n) is 11.2. The van der Waals surface area contributed by atoms with Crippen LogP contribution in [-0.2, 0) is 4.79 Å². The minimum absolute atomic E-state index is 0.115. The number of carbonyl (C=O) groups is 1. The molecule has 2 unspecified atom stereocenters. The van der Waals surface area contributed by atoms with Crippen molar-refractivity contribution in [2.75, 3.05) is 13.2 Å². The Balaban J connectivity index is 1.64. The summed E-state index contributed by atoms with van der Waals surface area (Å²) in [6.45, 7) is 0.670. The van der Waals surface area contributed by atoms with E-state index in [2.05, 4.69) is 0 Å². The number of aliphatic hydroxyl groups is 1. The minimum Gasteiger partial charge on any atom is -0.395 e. The van der Waals surface area contributed by atoms with Crippen molar-refractivity contribution in [1.82, 2.24) is 4.90 Å². The largest absolute Gasteiger partial charge is 0.395 e. The third kappa shape index (κ3) is 2.18. The van der Waals surface area contributed by atoms with Crippen LogP contribution in [0.5, 0.6) is 0 Å². The lowest BCUT2D eigenvalue weighted by atomic mass is 10.0. The topological polar surface area (TPSA) is 40.5 Å². The standard InChI is InChI=1S/C15H25NO2/c17-10-9-16(11-5-1-2-6-11)15(18)14-12-7-3-4-8-13(12)14/h11-14,17H,1-10H2. The van der Waals surface area contributed by atoms with Gasteiger partial charge in [0, 0.05) is 18.5 Å². The van der Waals surface area contributed by atoms with Gasteiger partial charge in [-0.3, -0.25) is 4.79 Å². The highest BCUT2D eigenvalue weighted by molar-refractivity contribution is 5.82. The van der Waals surface area contributed by atoms with E-state index in [1.54, 1.807) is 0 Å². The Hall–Kier alpha value is -0.570. The molecule has 0 aromatic heterocycles. The van der Waals surface area contributed by atoms with E-state index in [1.807, 2.05) is 4.90 Å². The maximum atomic E-state index is 12.7. The van der Waals surface area contributed by atoms with Gasteiger partial charge in [0.2, 0.25) is 5.91 Å². The summed E-state index contributed by atoms with van der Waals surface area (Å²) in [4.78, 5) is 14.7. The van der Waals surface area contributed by atoms with Crippen molar-refractivity contribution in [1.29, 1.82) is 0 Å². The van der Waals surface area contributed by atoms with Gasteiger partial charge in [-0.25, -0.2) is 0 Å². The van der Waals surface area contributed by atoms with Gasteiger partial charge in [-0.05, 0) is 37.5 Å². The Labute approximate surface area is 110 Å². The third-order valence-electron chi connectivity index (χ3n) is 5.33. The zero-order valence-corrected chi connectivity index (χ0v) is 11.2. The number of aliphatic hydroxyl groups excluding tert-OH is 1. The first kappa shape index (κ1) is 12.5. The molecule has 3 aliphatic carbocycles. The molecule has 1 amide bonds. The average molecular weight is 251 g/mol. The van der Waals surface area contributed by atoms with Crippen LogP contribution in [0.4, 0.5) is 0 Å². The molecule has 102 valence electrons.